The number of ether oxygens (including phenoxy) is 2. The first-order chi connectivity index (χ1) is 6.99. The van der Waals surface area contributed by atoms with Crippen LogP contribution in [0.3, 0.4) is 0 Å². The number of hydrogen-bond donors (Lipinski definition) is 2. The molecule has 0 unspecified atom stereocenters. The van der Waals surface area contributed by atoms with E-state index in [4.69, 9.17) is 9.47 Å². The minimum atomic E-state index is -0.393. The van der Waals surface area contributed by atoms with E-state index in [2.05, 4.69) is 0 Å². The van der Waals surface area contributed by atoms with Crippen molar-refractivity contribution < 1.29 is 19.7 Å². The summed E-state index contributed by atoms with van der Waals surface area (Å²) >= 11 is 0. The molecule has 0 saturated carbocycles. The minimum Gasteiger partial charge on any atom is -0.396 e. The van der Waals surface area contributed by atoms with Crippen molar-refractivity contribution in [3.63, 3.8) is 0 Å². The zero-order valence-electron chi connectivity index (χ0n) is 9.82. The predicted molar refractivity (Wildman–Crippen MR) is 56.4 cm³/mol. The first-order valence-corrected chi connectivity index (χ1v) is 5.44. The summed E-state index contributed by atoms with van der Waals surface area (Å²) < 4.78 is 11.2. The fourth-order valence-corrected chi connectivity index (χ4v) is 1.53. The predicted octanol–water partition coefficient (Wildman–Crippen LogP) is 0.766. The summed E-state index contributed by atoms with van der Waals surface area (Å²) in [7, 11) is 0. The molecule has 2 N–H and O–H groups in total. The Morgan fingerprint density at radius 3 is 2.13 bits per heavy atom. The van der Waals surface area contributed by atoms with E-state index >= 15 is 0 Å². The molecule has 4 heteroatoms. The van der Waals surface area contributed by atoms with Crippen LogP contribution in [0.5, 0.6) is 0 Å². The van der Waals surface area contributed by atoms with Gasteiger partial charge in [-0.15, -0.1) is 0 Å². The summed E-state index contributed by atoms with van der Waals surface area (Å²) in [5, 5.41) is 18.5. The molecule has 1 saturated heterocycles. The van der Waals surface area contributed by atoms with Crippen LogP contribution in [0.25, 0.3) is 0 Å². The summed E-state index contributed by atoms with van der Waals surface area (Å²) in [6.45, 7) is 6.90. The number of aliphatic hydroxyl groups is 2. The molecule has 4 nitrogen and oxygen atoms in total. The molecule has 0 bridgehead atoms. The van der Waals surface area contributed by atoms with Crippen molar-refractivity contribution >= 4 is 0 Å². The third kappa shape index (κ3) is 2.69. The van der Waals surface area contributed by atoms with Crippen molar-refractivity contribution in [3.8, 4) is 0 Å². The van der Waals surface area contributed by atoms with Gasteiger partial charge in [0.2, 0.25) is 0 Å². The van der Waals surface area contributed by atoms with Crippen LogP contribution in [-0.4, -0.2) is 42.9 Å². The van der Waals surface area contributed by atoms with E-state index in [1.54, 1.807) is 0 Å². The van der Waals surface area contributed by atoms with Crippen molar-refractivity contribution in [2.24, 2.45) is 10.8 Å². The maximum Gasteiger partial charge on any atom is 0.164 e. The van der Waals surface area contributed by atoms with Crippen LogP contribution in [0.15, 0.2) is 0 Å². The topological polar surface area (TPSA) is 58.9 Å². The molecule has 0 spiro atoms. The maximum absolute atomic E-state index is 9.28. The van der Waals surface area contributed by atoms with E-state index in [-0.39, 0.29) is 24.9 Å². The maximum atomic E-state index is 9.28. The number of aliphatic hydroxyl groups excluding tert-OH is 2. The highest BCUT2D eigenvalue weighted by atomic mass is 16.7. The summed E-state index contributed by atoms with van der Waals surface area (Å²) in [6, 6.07) is 0. The Morgan fingerprint density at radius 2 is 1.80 bits per heavy atom. The lowest BCUT2D eigenvalue weighted by molar-refractivity contribution is -0.279. The molecule has 0 aromatic carbocycles. The Morgan fingerprint density at radius 1 is 1.27 bits per heavy atom. The molecule has 1 aliphatic heterocycles. The number of hydrogen-bond acceptors (Lipinski definition) is 4. The molecule has 0 aromatic heterocycles. The molecular formula is C11H22O4. The van der Waals surface area contributed by atoms with Crippen LogP contribution >= 0.6 is 0 Å². The van der Waals surface area contributed by atoms with Crippen LogP contribution in [0.2, 0.25) is 0 Å². The van der Waals surface area contributed by atoms with Gasteiger partial charge in [0, 0.05) is 10.8 Å². The van der Waals surface area contributed by atoms with Gasteiger partial charge in [-0.25, -0.2) is 0 Å². The normalized spacial score (nSPS) is 33.0. The largest absolute Gasteiger partial charge is 0.396 e. The van der Waals surface area contributed by atoms with Gasteiger partial charge in [0.25, 0.3) is 0 Å². The number of rotatable bonds is 4. The smallest absolute Gasteiger partial charge is 0.164 e. The second-order valence-electron chi connectivity index (χ2n) is 5.11. The van der Waals surface area contributed by atoms with Crippen molar-refractivity contribution in [1.29, 1.82) is 0 Å². The second kappa shape index (κ2) is 4.78. The molecule has 1 aliphatic rings. The van der Waals surface area contributed by atoms with Gasteiger partial charge in [0.15, 0.2) is 6.29 Å². The molecule has 1 fully saturated rings. The van der Waals surface area contributed by atoms with Crippen LogP contribution in [0.1, 0.15) is 27.2 Å². The zero-order chi connectivity index (χ0) is 11.5. The second-order valence-corrected chi connectivity index (χ2v) is 5.11. The Bertz CT molecular complexity index is 189. The van der Waals surface area contributed by atoms with E-state index in [9.17, 15) is 10.2 Å². The highest BCUT2D eigenvalue weighted by Gasteiger charge is 2.40. The van der Waals surface area contributed by atoms with E-state index in [1.807, 2.05) is 20.8 Å². The summed E-state index contributed by atoms with van der Waals surface area (Å²) in [5.41, 5.74) is -0.655. The van der Waals surface area contributed by atoms with Crippen LogP contribution in [0.4, 0.5) is 0 Å². The Balaban J connectivity index is 2.55. The van der Waals surface area contributed by atoms with Gasteiger partial charge in [-0.1, -0.05) is 20.8 Å². The van der Waals surface area contributed by atoms with Gasteiger partial charge in [-0.05, 0) is 6.42 Å². The zero-order valence-corrected chi connectivity index (χ0v) is 9.82. The van der Waals surface area contributed by atoms with Crippen molar-refractivity contribution in [2.45, 2.75) is 33.5 Å². The van der Waals surface area contributed by atoms with Gasteiger partial charge in [-0.3, -0.25) is 0 Å². The molecule has 0 aliphatic carbocycles. The van der Waals surface area contributed by atoms with Gasteiger partial charge >= 0.3 is 0 Å². The lowest BCUT2D eigenvalue weighted by atomic mass is 9.86. The fraction of sp³-hybridized carbons (Fsp3) is 1.00. The third-order valence-electron chi connectivity index (χ3n) is 3.21. The average molecular weight is 218 g/mol. The average Bonchev–Trinajstić information content (AvgIpc) is 2.29. The highest BCUT2D eigenvalue weighted by molar-refractivity contribution is 4.83. The SMILES string of the molecule is CCC1(CO)COC(C(C)(C)CO)OC1. The van der Waals surface area contributed by atoms with E-state index in [1.165, 1.54) is 0 Å². The molecule has 1 rings (SSSR count). The fourth-order valence-electron chi connectivity index (χ4n) is 1.53. The lowest BCUT2D eigenvalue weighted by Crippen LogP contribution is -2.49. The Hall–Kier alpha value is -0.160. The Kier molecular flexibility index (Phi) is 4.12. The molecule has 0 amide bonds. The van der Waals surface area contributed by atoms with Gasteiger partial charge in [0.1, 0.15) is 0 Å². The standard InChI is InChI=1S/C11H22O4/c1-4-11(6-13)7-14-9(15-8-11)10(2,3)5-12/h9,12-13H,4-8H2,1-3H3. The van der Waals surface area contributed by atoms with E-state index in [0.29, 0.717) is 13.2 Å². The molecular weight excluding hydrogens is 196 g/mol. The molecule has 0 aromatic rings. The van der Waals surface area contributed by atoms with Crippen LogP contribution in [-0.2, 0) is 9.47 Å². The first-order valence-electron chi connectivity index (χ1n) is 5.44. The minimum absolute atomic E-state index is 0.0237. The lowest BCUT2D eigenvalue weighted by Gasteiger charge is -2.43. The monoisotopic (exact) mass is 218 g/mol. The van der Waals surface area contributed by atoms with Crippen LogP contribution in [0, 0.1) is 10.8 Å². The summed E-state index contributed by atoms with van der Waals surface area (Å²) in [4.78, 5) is 0. The molecule has 15 heavy (non-hydrogen) atoms. The molecule has 0 atom stereocenters. The molecule has 1 heterocycles. The quantitative estimate of drug-likeness (QED) is 0.731. The van der Waals surface area contributed by atoms with Crippen molar-refractivity contribution in [3.05, 3.63) is 0 Å². The summed E-state index contributed by atoms with van der Waals surface area (Å²) in [6.07, 6.45) is 0.448. The first kappa shape index (κ1) is 12.9. The van der Waals surface area contributed by atoms with E-state index in [0.717, 1.165) is 6.42 Å². The third-order valence-corrected chi connectivity index (χ3v) is 3.21. The van der Waals surface area contributed by atoms with E-state index < -0.39 is 5.41 Å². The van der Waals surface area contributed by atoms with Gasteiger partial charge < -0.3 is 19.7 Å². The molecule has 0 radical (unpaired) electrons. The van der Waals surface area contributed by atoms with Crippen molar-refractivity contribution in [1.82, 2.24) is 0 Å². The Labute approximate surface area is 91.2 Å². The van der Waals surface area contributed by atoms with Crippen LogP contribution < -0.4 is 0 Å². The molecule has 90 valence electrons. The highest BCUT2D eigenvalue weighted by Crippen LogP contribution is 2.33. The van der Waals surface area contributed by atoms with Crippen molar-refractivity contribution in [2.75, 3.05) is 26.4 Å². The van der Waals surface area contributed by atoms with Gasteiger partial charge in [0.05, 0.1) is 26.4 Å². The summed E-state index contributed by atoms with van der Waals surface area (Å²) in [5.74, 6) is 0. The van der Waals surface area contributed by atoms with Gasteiger partial charge in [-0.2, -0.15) is 0 Å².